The molecular weight excluding hydrogens is 204 g/mol. The molecule has 0 aromatic carbocycles. The van der Waals surface area contributed by atoms with Gasteiger partial charge in [0.25, 0.3) is 0 Å². The number of ether oxygens (including phenoxy) is 2. The van der Waals surface area contributed by atoms with Gasteiger partial charge in [-0.15, -0.1) is 0 Å². The van der Waals surface area contributed by atoms with Crippen molar-refractivity contribution in [2.45, 2.75) is 69.7 Å². The fourth-order valence-corrected chi connectivity index (χ4v) is 3.07. The van der Waals surface area contributed by atoms with Gasteiger partial charge in [-0.1, -0.05) is 19.3 Å². The first-order chi connectivity index (χ1) is 7.83. The lowest BCUT2D eigenvalue weighted by atomic mass is 9.89. The van der Waals surface area contributed by atoms with Crippen molar-refractivity contribution in [1.29, 1.82) is 0 Å². The van der Waals surface area contributed by atoms with E-state index in [1.54, 1.807) is 0 Å². The molecule has 3 fully saturated rings. The summed E-state index contributed by atoms with van der Waals surface area (Å²) in [6.45, 7) is 0. The molecule has 3 heteroatoms. The summed E-state index contributed by atoms with van der Waals surface area (Å²) in [6, 6.07) is 0. The fourth-order valence-electron chi connectivity index (χ4n) is 3.07. The third-order valence-corrected chi connectivity index (χ3v) is 4.18. The lowest BCUT2D eigenvalue weighted by Gasteiger charge is -2.25. The van der Waals surface area contributed by atoms with E-state index in [1.165, 1.54) is 19.3 Å². The Morgan fingerprint density at radius 2 is 1.81 bits per heavy atom. The fraction of sp³-hybridized carbons (Fsp3) is 0.923. The normalized spacial score (nSPS) is 38.9. The molecule has 1 heterocycles. The second-order valence-electron chi connectivity index (χ2n) is 5.42. The van der Waals surface area contributed by atoms with Crippen LogP contribution < -0.4 is 0 Å². The second-order valence-corrected chi connectivity index (χ2v) is 5.42. The number of fused-ring (bicyclic) bond motifs is 1. The van der Waals surface area contributed by atoms with E-state index in [1.807, 2.05) is 0 Å². The first-order valence-electron chi connectivity index (χ1n) is 6.69. The number of esters is 1. The van der Waals surface area contributed by atoms with Gasteiger partial charge in [-0.05, 0) is 25.7 Å². The quantitative estimate of drug-likeness (QED) is 0.534. The number of epoxide rings is 1. The summed E-state index contributed by atoms with van der Waals surface area (Å²) >= 11 is 0. The molecular formula is C13H20O3. The van der Waals surface area contributed by atoms with E-state index in [-0.39, 0.29) is 18.0 Å². The number of carbonyl (C=O) groups is 1. The third kappa shape index (κ3) is 2.24. The average Bonchev–Trinajstić information content (AvgIpc) is 3.08. The largest absolute Gasteiger partial charge is 0.462 e. The van der Waals surface area contributed by atoms with Crippen LogP contribution in [0.25, 0.3) is 0 Å². The number of hydrogen-bond acceptors (Lipinski definition) is 3. The first kappa shape index (κ1) is 10.6. The highest BCUT2D eigenvalue weighted by molar-refractivity contribution is 5.72. The number of rotatable bonds is 2. The van der Waals surface area contributed by atoms with Crippen LogP contribution in [0.3, 0.4) is 0 Å². The van der Waals surface area contributed by atoms with Crippen LogP contribution in [0.1, 0.15) is 51.4 Å². The first-order valence-corrected chi connectivity index (χ1v) is 6.69. The van der Waals surface area contributed by atoms with Gasteiger partial charge in [-0.25, -0.2) is 0 Å². The summed E-state index contributed by atoms with van der Waals surface area (Å²) in [5.74, 6) is 0.246. The minimum Gasteiger partial charge on any atom is -0.462 e. The maximum absolute atomic E-state index is 11.9. The van der Waals surface area contributed by atoms with Crippen molar-refractivity contribution in [3.8, 4) is 0 Å². The Labute approximate surface area is 96.5 Å². The Morgan fingerprint density at radius 1 is 1.00 bits per heavy atom. The summed E-state index contributed by atoms with van der Waals surface area (Å²) in [5.41, 5.74) is 0. The maximum atomic E-state index is 11.9. The highest BCUT2D eigenvalue weighted by Crippen LogP contribution is 2.38. The lowest BCUT2D eigenvalue weighted by molar-refractivity contribution is -0.156. The molecule has 0 bridgehead atoms. The Morgan fingerprint density at radius 3 is 2.56 bits per heavy atom. The van der Waals surface area contributed by atoms with Crippen LogP contribution in [0.4, 0.5) is 0 Å². The van der Waals surface area contributed by atoms with Crippen molar-refractivity contribution < 1.29 is 14.3 Å². The zero-order valence-corrected chi connectivity index (χ0v) is 9.69. The van der Waals surface area contributed by atoms with Crippen LogP contribution in [0.5, 0.6) is 0 Å². The molecule has 1 aliphatic heterocycles. The second kappa shape index (κ2) is 4.36. The van der Waals surface area contributed by atoms with Crippen LogP contribution in [-0.2, 0) is 14.3 Å². The lowest BCUT2D eigenvalue weighted by Crippen LogP contribution is -2.29. The molecule has 3 rings (SSSR count). The molecule has 0 radical (unpaired) electrons. The smallest absolute Gasteiger partial charge is 0.309 e. The van der Waals surface area contributed by atoms with E-state index in [4.69, 9.17) is 9.47 Å². The van der Waals surface area contributed by atoms with E-state index >= 15 is 0 Å². The van der Waals surface area contributed by atoms with Crippen molar-refractivity contribution in [2.75, 3.05) is 0 Å². The van der Waals surface area contributed by atoms with E-state index < -0.39 is 0 Å². The highest BCUT2D eigenvalue weighted by atomic mass is 16.6. The summed E-state index contributed by atoms with van der Waals surface area (Å²) in [7, 11) is 0. The predicted molar refractivity (Wildman–Crippen MR) is 59.0 cm³/mol. The van der Waals surface area contributed by atoms with Crippen LogP contribution in [-0.4, -0.2) is 24.3 Å². The Balaban J connectivity index is 1.47. The van der Waals surface area contributed by atoms with E-state index in [2.05, 4.69) is 0 Å². The van der Waals surface area contributed by atoms with Crippen molar-refractivity contribution in [1.82, 2.24) is 0 Å². The molecule has 0 spiro atoms. The summed E-state index contributed by atoms with van der Waals surface area (Å²) in [5, 5.41) is 0. The van der Waals surface area contributed by atoms with Gasteiger partial charge in [0, 0.05) is 6.42 Å². The molecule has 0 N–H and O–H groups in total. The van der Waals surface area contributed by atoms with Gasteiger partial charge in [0.15, 0.2) is 0 Å². The average molecular weight is 224 g/mol. The van der Waals surface area contributed by atoms with Crippen LogP contribution in [0.15, 0.2) is 0 Å². The van der Waals surface area contributed by atoms with Gasteiger partial charge in [-0.3, -0.25) is 4.79 Å². The molecule has 1 saturated heterocycles. The molecule has 2 aliphatic carbocycles. The molecule has 3 aliphatic rings. The van der Waals surface area contributed by atoms with Crippen molar-refractivity contribution >= 4 is 5.97 Å². The maximum Gasteiger partial charge on any atom is 0.309 e. The molecule has 3 nitrogen and oxygen atoms in total. The van der Waals surface area contributed by atoms with E-state index in [0.29, 0.717) is 12.2 Å². The van der Waals surface area contributed by atoms with Crippen molar-refractivity contribution in [2.24, 2.45) is 5.92 Å². The number of hydrogen-bond donors (Lipinski definition) is 0. The monoisotopic (exact) mass is 224 g/mol. The molecule has 90 valence electrons. The van der Waals surface area contributed by atoms with Gasteiger partial charge in [0.2, 0.25) is 0 Å². The zero-order chi connectivity index (χ0) is 11.0. The van der Waals surface area contributed by atoms with E-state index in [0.717, 1.165) is 32.1 Å². The summed E-state index contributed by atoms with van der Waals surface area (Å²) in [6.07, 6.45) is 9.78. The molecule has 0 aromatic heterocycles. The molecule has 3 atom stereocenters. The van der Waals surface area contributed by atoms with Crippen LogP contribution in [0.2, 0.25) is 0 Å². The van der Waals surface area contributed by atoms with Gasteiger partial charge in [0.1, 0.15) is 6.10 Å². The van der Waals surface area contributed by atoms with Crippen LogP contribution in [0, 0.1) is 5.92 Å². The molecule has 3 unspecified atom stereocenters. The Bertz CT molecular complexity index is 270. The standard InChI is InChI=1S/C13H20O3/c14-13(9-4-2-1-3-5-9)15-10-6-7-11-12(8-10)16-11/h9-12H,1-8H2. The SMILES string of the molecule is O=C(OC1CCC2OC2C1)C1CCCCC1. The van der Waals surface area contributed by atoms with Gasteiger partial charge >= 0.3 is 5.97 Å². The van der Waals surface area contributed by atoms with Gasteiger partial charge in [0.05, 0.1) is 18.1 Å². The minimum atomic E-state index is 0.0591. The van der Waals surface area contributed by atoms with E-state index in [9.17, 15) is 4.79 Å². The molecule has 0 amide bonds. The Hall–Kier alpha value is -0.570. The minimum absolute atomic E-state index is 0.0591. The predicted octanol–water partition coefficient (Wildman–Crippen LogP) is 2.43. The highest BCUT2D eigenvalue weighted by Gasteiger charge is 2.45. The van der Waals surface area contributed by atoms with Gasteiger partial charge < -0.3 is 9.47 Å². The number of carbonyl (C=O) groups excluding carboxylic acids is 1. The van der Waals surface area contributed by atoms with Crippen LogP contribution >= 0.6 is 0 Å². The Kier molecular flexibility index (Phi) is 2.88. The van der Waals surface area contributed by atoms with Crippen molar-refractivity contribution in [3.05, 3.63) is 0 Å². The summed E-state index contributed by atoms with van der Waals surface area (Å²) < 4.78 is 11.1. The molecule has 2 saturated carbocycles. The molecule has 0 aromatic rings. The van der Waals surface area contributed by atoms with Gasteiger partial charge in [-0.2, -0.15) is 0 Å². The summed E-state index contributed by atoms with van der Waals surface area (Å²) in [4.78, 5) is 11.9. The third-order valence-electron chi connectivity index (χ3n) is 4.18. The topological polar surface area (TPSA) is 38.8 Å². The zero-order valence-electron chi connectivity index (χ0n) is 9.69. The van der Waals surface area contributed by atoms with Crippen molar-refractivity contribution in [3.63, 3.8) is 0 Å². The molecule has 16 heavy (non-hydrogen) atoms.